The van der Waals surface area contributed by atoms with Crippen molar-refractivity contribution in [1.29, 1.82) is 0 Å². The van der Waals surface area contributed by atoms with Gasteiger partial charge < -0.3 is 9.84 Å². The molecular formula is C14H19BrO2. The zero-order valence-electron chi connectivity index (χ0n) is 10.4. The molecule has 0 aromatic heterocycles. The Balaban J connectivity index is 2.08. The fourth-order valence-corrected chi connectivity index (χ4v) is 2.35. The van der Waals surface area contributed by atoms with Crippen LogP contribution in [0.5, 0.6) is 5.75 Å². The Hall–Kier alpha value is -0.540. The standard InChI is InChI=1S/C14H19BrO2/c1-14(2,16)11-6-12(15)8-13(7-11)17-9-10-4-3-5-10/h6-8,10,16H,3-5,9H2,1-2H3. The van der Waals surface area contributed by atoms with Crippen LogP contribution in [0, 0.1) is 5.92 Å². The third-order valence-corrected chi connectivity index (χ3v) is 3.75. The van der Waals surface area contributed by atoms with Crippen LogP contribution in [0.3, 0.4) is 0 Å². The average molecular weight is 299 g/mol. The molecule has 0 aliphatic heterocycles. The van der Waals surface area contributed by atoms with Crippen molar-refractivity contribution >= 4 is 15.9 Å². The quantitative estimate of drug-likeness (QED) is 0.915. The summed E-state index contributed by atoms with van der Waals surface area (Å²) in [6.45, 7) is 4.36. The molecule has 0 bridgehead atoms. The van der Waals surface area contributed by atoms with Crippen LogP contribution in [0.25, 0.3) is 0 Å². The summed E-state index contributed by atoms with van der Waals surface area (Å²) in [4.78, 5) is 0. The second kappa shape index (κ2) is 4.99. The number of ether oxygens (including phenoxy) is 1. The molecule has 3 heteroatoms. The van der Waals surface area contributed by atoms with Crippen LogP contribution in [0.2, 0.25) is 0 Å². The number of aliphatic hydroxyl groups is 1. The first-order chi connectivity index (χ1) is 7.95. The second-order valence-corrected chi connectivity index (χ2v) is 6.26. The average Bonchev–Trinajstić information content (AvgIpc) is 2.13. The van der Waals surface area contributed by atoms with Crippen molar-refractivity contribution in [2.45, 2.75) is 38.7 Å². The van der Waals surface area contributed by atoms with Crippen molar-refractivity contribution in [1.82, 2.24) is 0 Å². The summed E-state index contributed by atoms with van der Waals surface area (Å²) in [5, 5.41) is 10.00. The number of rotatable bonds is 4. The van der Waals surface area contributed by atoms with Crippen LogP contribution in [0.1, 0.15) is 38.7 Å². The third-order valence-electron chi connectivity index (χ3n) is 3.29. The lowest BCUT2D eigenvalue weighted by molar-refractivity contribution is 0.0780. The summed E-state index contributed by atoms with van der Waals surface area (Å²) in [7, 11) is 0. The lowest BCUT2D eigenvalue weighted by atomic mass is 9.86. The van der Waals surface area contributed by atoms with E-state index in [1.54, 1.807) is 13.8 Å². The minimum absolute atomic E-state index is 0.722. The van der Waals surface area contributed by atoms with E-state index < -0.39 is 5.60 Å². The predicted molar refractivity (Wildman–Crippen MR) is 72.2 cm³/mol. The molecule has 1 N–H and O–H groups in total. The maximum atomic E-state index is 10.00. The molecule has 1 fully saturated rings. The lowest BCUT2D eigenvalue weighted by Gasteiger charge is -2.26. The van der Waals surface area contributed by atoms with Gasteiger partial charge in [0.2, 0.25) is 0 Å². The van der Waals surface area contributed by atoms with E-state index in [0.29, 0.717) is 0 Å². The van der Waals surface area contributed by atoms with Crippen LogP contribution in [-0.2, 0) is 5.60 Å². The van der Waals surface area contributed by atoms with Crippen molar-refractivity contribution in [3.8, 4) is 5.75 Å². The smallest absolute Gasteiger partial charge is 0.120 e. The summed E-state index contributed by atoms with van der Waals surface area (Å²) >= 11 is 3.45. The molecule has 1 aromatic carbocycles. The van der Waals surface area contributed by atoms with Crippen molar-refractivity contribution in [3.63, 3.8) is 0 Å². The Morgan fingerprint density at radius 3 is 2.59 bits per heavy atom. The van der Waals surface area contributed by atoms with Crippen LogP contribution >= 0.6 is 15.9 Å². The molecule has 1 aliphatic carbocycles. The van der Waals surface area contributed by atoms with Gasteiger partial charge in [0.05, 0.1) is 12.2 Å². The monoisotopic (exact) mass is 298 g/mol. The predicted octanol–water partition coefficient (Wildman–Crippen LogP) is 3.86. The number of hydrogen-bond acceptors (Lipinski definition) is 2. The van der Waals surface area contributed by atoms with Crippen LogP contribution in [-0.4, -0.2) is 11.7 Å². The minimum atomic E-state index is -0.835. The Labute approximate surface area is 111 Å². The molecule has 1 aromatic rings. The van der Waals surface area contributed by atoms with Crippen molar-refractivity contribution in [2.75, 3.05) is 6.61 Å². The molecule has 0 unspecified atom stereocenters. The van der Waals surface area contributed by atoms with Gasteiger partial charge in [0.15, 0.2) is 0 Å². The van der Waals surface area contributed by atoms with E-state index in [2.05, 4.69) is 15.9 Å². The summed E-state index contributed by atoms with van der Waals surface area (Å²) in [5.74, 6) is 1.56. The highest BCUT2D eigenvalue weighted by molar-refractivity contribution is 9.10. The number of benzene rings is 1. The Morgan fingerprint density at radius 1 is 1.35 bits per heavy atom. The van der Waals surface area contributed by atoms with E-state index in [1.165, 1.54) is 19.3 Å². The molecule has 17 heavy (non-hydrogen) atoms. The van der Waals surface area contributed by atoms with Crippen molar-refractivity contribution < 1.29 is 9.84 Å². The molecule has 94 valence electrons. The molecule has 2 nitrogen and oxygen atoms in total. The molecule has 0 atom stereocenters. The summed E-state index contributed by atoms with van der Waals surface area (Å²) in [6, 6.07) is 5.80. The van der Waals surface area contributed by atoms with Gasteiger partial charge >= 0.3 is 0 Å². The zero-order valence-corrected chi connectivity index (χ0v) is 12.0. The van der Waals surface area contributed by atoms with Gasteiger partial charge in [0.1, 0.15) is 5.75 Å². The SMILES string of the molecule is CC(C)(O)c1cc(Br)cc(OCC2CCC2)c1. The lowest BCUT2D eigenvalue weighted by Crippen LogP contribution is -2.20. The Morgan fingerprint density at radius 2 is 2.06 bits per heavy atom. The molecule has 0 spiro atoms. The van der Waals surface area contributed by atoms with Gasteiger partial charge in [-0.05, 0) is 56.4 Å². The van der Waals surface area contributed by atoms with Crippen LogP contribution < -0.4 is 4.74 Å². The van der Waals surface area contributed by atoms with E-state index in [0.717, 1.165) is 28.3 Å². The largest absolute Gasteiger partial charge is 0.493 e. The highest BCUT2D eigenvalue weighted by atomic mass is 79.9. The van der Waals surface area contributed by atoms with Crippen LogP contribution in [0.15, 0.2) is 22.7 Å². The van der Waals surface area contributed by atoms with Crippen molar-refractivity contribution in [3.05, 3.63) is 28.2 Å². The van der Waals surface area contributed by atoms with E-state index in [1.807, 2.05) is 18.2 Å². The summed E-state index contributed by atoms with van der Waals surface area (Å²) in [5.41, 5.74) is 0.0359. The van der Waals surface area contributed by atoms with Gasteiger partial charge in [-0.25, -0.2) is 0 Å². The van der Waals surface area contributed by atoms with Gasteiger partial charge in [-0.3, -0.25) is 0 Å². The summed E-state index contributed by atoms with van der Waals surface area (Å²) < 4.78 is 6.73. The first kappa shape index (κ1) is 12.9. The van der Waals surface area contributed by atoms with E-state index in [-0.39, 0.29) is 0 Å². The Kier molecular flexibility index (Phi) is 3.79. The van der Waals surface area contributed by atoms with Gasteiger partial charge in [-0.1, -0.05) is 22.4 Å². The first-order valence-electron chi connectivity index (χ1n) is 6.11. The molecule has 0 amide bonds. The number of hydrogen-bond donors (Lipinski definition) is 1. The molecule has 1 aliphatic rings. The number of halogens is 1. The first-order valence-corrected chi connectivity index (χ1v) is 6.91. The maximum absolute atomic E-state index is 10.00. The molecule has 0 heterocycles. The topological polar surface area (TPSA) is 29.5 Å². The molecular weight excluding hydrogens is 280 g/mol. The van der Waals surface area contributed by atoms with Crippen LogP contribution in [0.4, 0.5) is 0 Å². The van der Waals surface area contributed by atoms with E-state index >= 15 is 0 Å². The fourth-order valence-electron chi connectivity index (χ4n) is 1.87. The molecule has 0 radical (unpaired) electrons. The summed E-state index contributed by atoms with van der Waals surface area (Å²) in [6.07, 6.45) is 3.90. The normalized spacial score (nSPS) is 16.7. The van der Waals surface area contributed by atoms with Gasteiger partial charge in [-0.2, -0.15) is 0 Å². The zero-order chi connectivity index (χ0) is 12.5. The van der Waals surface area contributed by atoms with Gasteiger partial charge in [0.25, 0.3) is 0 Å². The van der Waals surface area contributed by atoms with Gasteiger partial charge in [-0.15, -0.1) is 0 Å². The maximum Gasteiger partial charge on any atom is 0.120 e. The second-order valence-electron chi connectivity index (χ2n) is 5.34. The Bertz CT molecular complexity index is 392. The van der Waals surface area contributed by atoms with E-state index in [4.69, 9.17) is 4.74 Å². The van der Waals surface area contributed by atoms with Gasteiger partial charge in [0, 0.05) is 4.47 Å². The third kappa shape index (κ3) is 3.46. The fraction of sp³-hybridized carbons (Fsp3) is 0.571. The highest BCUT2D eigenvalue weighted by Gasteiger charge is 2.20. The van der Waals surface area contributed by atoms with E-state index in [9.17, 15) is 5.11 Å². The molecule has 2 rings (SSSR count). The molecule has 1 saturated carbocycles. The minimum Gasteiger partial charge on any atom is -0.493 e. The highest BCUT2D eigenvalue weighted by Crippen LogP contribution is 2.31. The molecule has 0 saturated heterocycles. The van der Waals surface area contributed by atoms with Crippen molar-refractivity contribution in [2.24, 2.45) is 5.92 Å².